The molecule has 0 aromatic heterocycles. The van der Waals surface area contributed by atoms with Crippen LogP contribution in [0.25, 0.3) is 0 Å². The van der Waals surface area contributed by atoms with Gasteiger partial charge in [-0.1, -0.05) is 25.1 Å². The maximum absolute atomic E-state index is 5.72. The van der Waals surface area contributed by atoms with Crippen molar-refractivity contribution in [3.8, 4) is 0 Å². The molecular formula is C13H19N. The largest absolute Gasteiger partial charge is 0.330 e. The molecule has 76 valence electrons. The Hall–Kier alpha value is -0.820. The number of nitrogens with two attached hydrogens (primary N) is 1. The summed E-state index contributed by atoms with van der Waals surface area (Å²) in [6.45, 7) is 3.06. The third-order valence-electron chi connectivity index (χ3n) is 3.34. The van der Waals surface area contributed by atoms with Crippen LogP contribution >= 0.6 is 0 Å². The second-order valence-corrected chi connectivity index (χ2v) is 4.30. The molecule has 1 aromatic rings. The van der Waals surface area contributed by atoms with Gasteiger partial charge in [0.15, 0.2) is 0 Å². The Balaban J connectivity index is 2.23. The van der Waals surface area contributed by atoms with Gasteiger partial charge in [-0.2, -0.15) is 0 Å². The van der Waals surface area contributed by atoms with Gasteiger partial charge in [0, 0.05) is 0 Å². The molecule has 0 spiro atoms. The lowest BCUT2D eigenvalue weighted by Crippen LogP contribution is -2.22. The SMILES string of the molecule is CCc1ccc2c(c1)CCC(CN)C2. The van der Waals surface area contributed by atoms with Crippen LogP contribution < -0.4 is 5.73 Å². The van der Waals surface area contributed by atoms with Crippen LogP contribution in [0.15, 0.2) is 18.2 Å². The Morgan fingerprint density at radius 1 is 1.36 bits per heavy atom. The second-order valence-electron chi connectivity index (χ2n) is 4.30. The Morgan fingerprint density at radius 3 is 2.93 bits per heavy atom. The summed E-state index contributed by atoms with van der Waals surface area (Å²) in [5.74, 6) is 0.718. The molecule has 0 saturated heterocycles. The minimum Gasteiger partial charge on any atom is -0.330 e. The van der Waals surface area contributed by atoms with Gasteiger partial charge in [0.05, 0.1) is 0 Å². The molecule has 1 aliphatic rings. The van der Waals surface area contributed by atoms with Gasteiger partial charge in [0.1, 0.15) is 0 Å². The van der Waals surface area contributed by atoms with Crippen LogP contribution in [0.5, 0.6) is 0 Å². The van der Waals surface area contributed by atoms with Crippen LogP contribution in [0.2, 0.25) is 0 Å². The van der Waals surface area contributed by atoms with E-state index in [4.69, 9.17) is 5.73 Å². The molecule has 14 heavy (non-hydrogen) atoms. The molecule has 1 nitrogen and oxygen atoms in total. The number of aryl methyl sites for hydroxylation is 2. The Bertz CT molecular complexity index is 317. The molecule has 0 fully saturated rings. The number of hydrogen-bond acceptors (Lipinski definition) is 1. The average molecular weight is 189 g/mol. The number of benzene rings is 1. The molecule has 2 N–H and O–H groups in total. The molecular weight excluding hydrogens is 170 g/mol. The Labute approximate surface area is 86.3 Å². The molecule has 0 bridgehead atoms. The zero-order chi connectivity index (χ0) is 9.97. The molecule has 0 aliphatic heterocycles. The van der Waals surface area contributed by atoms with Crippen molar-refractivity contribution >= 4 is 0 Å². The van der Waals surface area contributed by atoms with E-state index in [1.807, 2.05) is 0 Å². The summed E-state index contributed by atoms with van der Waals surface area (Å²) in [5, 5.41) is 0. The summed E-state index contributed by atoms with van der Waals surface area (Å²) in [5.41, 5.74) is 10.3. The van der Waals surface area contributed by atoms with Crippen molar-refractivity contribution in [3.05, 3.63) is 34.9 Å². The summed E-state index contributed by atoms with van der Waals surface area (Å²) in [4.78, 5) is 0. The third-order valence-corrected chi connectivity index (χ3v) is 3.34. The molecule has 1 aliphatic carbocycles. The summed E-state index contributed by atoms with van der Waals surface area (Å²) in [6, 6.07) is 6.94. The molecule has 2 rings (SSSR count). The van der Waals surface area contributed by atoms with E-state index in [2.05, 4.69) is 25.1 Å². The highest BCUT2D eigenvalue weighted by Gasteiger charge is 2.16. The van der Waals surface area contributed by atoms with Gasteiger partial charge in [-0.15, -0.1) is 0 Å². The summed E-state index contributed by atoms with van der Waals surface area (Å²) in [6.07, 6.45) is 4.84. The van der Waals surface area contributed by atoms with Crippen molar-refractivity contribution in [2.45, 2.75) is 32.6 Å². The van der Waals surface area contributed by atoms with Crippen LogP contribution in [0.1, 0.15) is 30.0 Å². The summed E-state index contributed by atoms with van der Waals surface area (Å²) < 4.78 is 0. The number of rotatable bonds is 2. The normalized spacial score (nSPS) is 20.6. The van der Waals surface area contributed by atoms with Crippen LogP contribution in [0, 0.1) is 5.92 Å². The van der Waals surface area contributed by atoms with E-state index in [-0.39, 0.29) is 0 Å². The van der Waals surface area contributed by atoms with Crippen LogP contribution in [-0.2, 0) is 19.3 Å². The molecule has 0 radical (unpaired) electrons. The zero-order valence-corrected chi connectivity index (χ0v) is 8.92. The van der Waals surface area contributed by atoms with Crippen LogP contribution in [0.4, 0.5) is 0 Å². The molecule has 0 amide bonds. The molecule has 1 unspecified atom stereocenters. The lowest BCUT2D eigenvalue weighted by Gasteiger charge is -2.23. The minimum atomic E-state index is 0.718. The fraction of sp³-hybridized carbons (Fsp3) is 0.538. The molecule has 1 atom stereocenters. The lowest BCUT2D eigenvalue weighted by atomic mass is 9.83. The Morgan fingerprint density at radius 2 is 2.21 bits per heavy atom. The highest BCUT2D eigenvalue weighted by atomic mass is 14.5. The van der Waals surface area contributed by atoms with E-state index in [9.17, 15) is 0 Å². The van der Waals surface area contributed by atoms with Crippen LogP contribution in [0.3, 0.4) is 0 Å². The highest BCUT2D eigenvalue weighted by molar-refractivity contribution is 5.34. The monoisotopic (exact) mass is 189 g/mol. The summed E-state index contributed by atoms with van der Waals surface area (Å²) >= 11 is 0. The van der Waals surface area contributed by atoms with Gasteiger partial charge >= 0.3 is 0 Å². The fourth-order valence-corrected chi connectivity index (χ4v) is 2.30. The van der Waals surface area contributed by atoms with Gasteiger partial charge in [-0.25, -0.2) is 0 Å². The van der Waals surface area contributed by atoms with Gasteiger partial charge in [-0.3, -0.25) is 0 Å². The standard InChI is InChI=1S/C13H19N/c1-2-10-3-5-13-8-11(9-14)4-6-12(13)7-10/h3,5,7,11H,2,4,6,8-9,14H2,1H3. The topological polar surface area (TPSA) is 26.0 Å². The first-order valence-corrected chi connectivity index (χ1v) is 5.64. The fourth-order valence-electron chi connectivity index (χ4n) is 2.30. The third kappa shape index (κ3) is 1.83. The predicted molar refractivity (Wildman–Crippen MR) is 60.4 cm³/mol. The van der Waals surface area contributed by atoms with Crippen molar-refractivity contribution in [3.63, 3.8) is 0 Å². The lowest BCUT2D eigenvalue weighted by molar-refractivity contribution is 0.469. The Kier molecular flexibility index (Phi) is 2.87. The summed E-state index contributed by atoms with van der Waals surface area (Å²) in [7, 11) is 0. The van der Waals surface area contributed by atoms with E-state index in [0.717, 1.165) is 18.9 Å². The first-order valence-electron chi connectivity index (χ1n) is 5.64. The maximum Gasteiger partial charge on any atom is -0.00456 e. The van der Waals surface area contributed by atoms with E-state index in [0.29, 0.717) is 0 Å². The van der Waals surface area contributed by atoms with Crippen molar-refractivity contribution in [2.24, 2.45) is 11.7 Å². The molecule has 0 saturated carbocycles. The number of fused-ring (bicyclic) bond motifs is 1. The van der Waals surface area contributed by atoms with E-state index < -0.39 is 0 Å². The zero-order valence-electron chi connectivity index (χ0n) is 8.92. The van der Waals surface area contributed by atoms with Crippen molar-refractivity contribution in [1.29, 1.82) is 0 Å². The van der Waals surface area contributed by atoms with E-state index in [1.165, 1.54) is 30.4 Å². The van der Waals surface area contributed by atoms with Gasteiger partial charge in [-0.05, 0) is 54.8 Å². The highest BCUT2D eigenvalue weighted by Crippen LogP contribution is 2.25. The first-order chi connectivity index (χ1) is 6.83. The van der Waals surface area contributed by atoms with Gasteiger partial charge < -0.3 is 5.73 Å². The number of hydrogen-bond donors (Lipinski definition) is 1. The van der Waals surface area contributed by atoms with Crippen LogP contribution in [-0.4, -0.2) is 6.54 Å². The quantitative estimate of drug-likeness (QED) is 0.759. The average Bonchev–Trinajstić information content (AvgIpc) is 2.27. The van der Waals surface area contributed by atoms with Crippen molar-refractivity contribution in [2.75, 3.05) is 6.54 Å². The molecule has 0 heterocycles. The van der Waals surface area contributed by atoms with Crippen molar-refractivity contribution < 1.29 is 0 Å². The second kappa shape index (κ2) is 4.14. The smallest absolute Gasteiger partial charge is 0.00456 e. The van der Waals surface area contributed by atoms with Crippen molar-refractivity contribution in [1.82, 2.24) is 0 Å². The van der Waals surface area contributed by atoms with Gasteiger partial charge in [0.2, 0.25) is 0 Å². The predicted octanol–water partition coefficient (Wildman–Crippen LogP) is 2.31. The molecule has 1 aromatic carbocycles. The minimum absolute atomic E-state index is 0.718. The first kappa shape index (κ1) is 9.72. The van der Waals surface area contributed by atoms with Gasteiger partial charge in [0.25, 0.3) is 0 Å². The van der Waals surface area contributed by atoms with E-state index in [1.54, 1.807) is 5.56 Å². The van der Waals surface area contributed by atoms with E-state index >= 15 is 0 Å². The molecule has 1 heteroatoms. The maximum atomic E-state index is 5.72.